The number of nitrogens with one attached hydrogen (secondary N) is 2. The van der Waals surface area contributed by atoms with Gasteiger partial charge in [0.05, 0.1) is 27.4 Å². The number of hydrogen-bond donors (Lipinski definition) is 2. The average molecular weight is 534 g/mol. The molecule has 172 valence electrons. The molecule has 0 amide bonds. The lowest BCUT2D eigenvalue weighted by molar-refractivity contribution is 0.00272. The molecule has 0 saturated carbocycles. The van der Waals surface area contributed by atoms with Gasteiger partial charge in [0, 0.05) is 50.9 Å². The maximum absolute atomic E-state index is 5.55. The summed E-state index contributed by atoms with van der Waals surface area (Å²) in [4.78, 5) is 6.97. The molecule has 0 spiro atoms. The Morgan fingerprint density at radius 2 is 1.83 bits per heavy atom. The molecule has 1 saturated heterocycles. The minimum absolute atomic E-state index is 0. The fraction of sp³-hybridized carbons (Fsp3) is 0.682. The van der Waals surface area contributed by atoms with Crippen molar-refractivity contribution in [3.05, 3.63) is 23.8 Å². The first kappa shape index (κ1) is 26.8. The van der Waals surface area contributed by atoms with E-state index in [-0.39, 0.29) is 24.0 Å². The van der Waals surface area contributed by atoms with Gasteiger partial charge in [0.25, 0.3) is 0 Å². The summed E-state index contributed by atoms with van der Waals surface area (Å²) in [6, 6.07) is 6.33. The number of methoxy groups -OCH3 is 2. The SMILES string of the molecule is CCC(CC)C(CNC(=NC)NCc1ccc(OC)cc1OC)N1CCOCC1.I. The quantitative estimate of drug-likeness (QED) is 0.273. The largest absolute Gasteiger partial charge is 0.497 e. The molecule has 1 heterocycles. The van der Waals surface area contributed by atoms with Gasteiger partial charge >= 0.3 is 0 Å². The number of rotatable bonds is 10. The molecule has 0 aromatic heterocycles. The number of ether oxygens (including phenoxy) is 3. The second-order valence-electron chi connectivity index (χ2n) is 7.28. The van der Waals surface area contributed by atoms with Gasteiger partial charge in [-0.05, 0) is 18.1 Å². The van der Waals surface area contributed by atoms with E-state index in [1.54, 1.807) is 21.3 Å². The molecule has 2 rings (SSSR count). The van der Waals surface area contributed by atoms with Gasteiger partial charge in [-0.3, -0.25) is 9.89 Å². The van der Waals surface area contributed by atoms with Crippen molar-refractivity contribution in [3.63, 3.8) is 0 Å². The Morgan fingerprint density at radius 3 is 2.40 bits per heavy atom. The van der Waals surface area contributed by atoms with Crippen LogP contribution >= 0.6 is 24.0 Å². The van der Waals surface area contributed by atoms with Gasteiger partial charge in [0.15, 0.2) is 5.96 Å². The smallest absolute Gasteiger partial charge is 0.191 e. The van der Waals surface area contributed by atoms with Gasteiger partial charge in [-0.25, -0.2) is 0 Å². The van der Waals surface area contributed by atoms with E-state index in [0.717, 1.165) is 55.9 Å². The van der Waals surface area contributed by atoms with Crippen LogP contribution in [0.25, 0.3) is 0 Å². The monoisotopic (exact) mass is 534 g/mol. The second kappa shape index (κ2) is 14.7. The number of halogens is 1. The molecule has 8 heteroatoms. The summed E-state index contributed by atoms with van der Waals surface area (Å²) in [5, 5.41) is 6.94. The number of guanidine groups is 1. The van der Waals surface area contributed by atoms with Gasteiger partial charge in [-0.2, -0.15) is 0 Å². The van der Waals surface area contributed by atoms with Crippen molar-refractivity contribution in [2.45, 2.75) is 39.3 Å². The Hall–Kier alpha value is -1.26. The van der Waals surface area contributed by atoms with Crippen molar-refractivity contribution in [1.29, 1.82) is 0 Å². The summed E-state index contributed by atoms with van der Waals surface area (Å²) in [5.74, 6) is 3.04. The van der Waals surface area contributed by atoms with Crippen LogP contribution < -0.4 is 20.1 Å². The fourth-order valence-corrected chi connectivity index (χ4v) is 3.93. The van der Waals surface area contributed by atoms with Crippen LogP contribution in [0.15, 0.2) is 23.2 Å². The molecule has 1 fully saturated rings. The highest BCUT2D eigenvalue weighted by Gasteiger charge is 2.27. The third-order valence-corrected chi connectivity index (χ3v) is 5.75. The van der Waals surface area contributed by atoms with E-state index in [4.69, 9.17) is 14.2 Å². The lowest BCUT2D eigenvalue weighted by atomic mass is 9.92. The van der Waals surface area contributed by atoms with Crippen LogP contribution in [0.3, 0.4) is 0 Å². The molecule has 1 unspecified atom stereocenters. The van der Waals surface area contributed by atoms with Gasteiger partial charge < -0.3 is 24.8 Å². The number of hydrogen-bond acceptors (Lipinski definition) is 5. The van der Waals surface area contributed by atoms with Gasteiger partial charge in [-0.1, -0.05) is 26.7 Å². The van der Waals surface area contributed by atoms with Crippen molar-refractivity contribution in [2.75, 3.05) is 54.1 Å². The molecule has 1 aliphatic rings. The molecule has 30 heavy (non-hydrogen) atoms. The Kier molecular flexibility index (Phi) is 13.1. The molecule has 0 aliphatic carbocycles. The minimum atomic E-state index is 0. The van der Waals surface area contributed by atoms with E-state index in [1.807, 2.05) is 18.2 Å². The summed E-state index contributed by atoms with van der Waals surface area (Å²) < 4.78 is 16.3. The summed E-state index contributed by atoms with van der Waals surface area (Å²) in [7, 11) is 5.14. The molecule has 1 aromatic rings. The zero-order valence-electron chi connectivity index (χ0n) is 19.1. The van der Waals surface area contributed by atoms with Gasteiger partial charge in [0.1, 0.15) is 11.5 Å². The predicted octanol–water partition coefficient (Wildman–Crippen LogP) is 3.12. The third kappa shape index (κ3) is 7.77. The highest BCUT2D eigenvalue weighted by molar-refractivity contribution is 14.0. The molecule has 2 N–H and O–H groups in total. The number of aliphatic imine (C=N–C) groups is 1. The summed E-state index contributed by atoms with van der Waals surface area (Å²) >= 11 is 0. The summed E-state index contributed by atoms with van der Waals surface area (Å²) in [6.07, 6.45) is 2.35. The van der Waals surface area contributed by atoms with Crippen molar-refractivity contribution in [3.8, 4) is 11.5 Å². The van der Waals surface area contributed by atoms with Gasteiger partial charge in [-0.15, -0.1) is 24.0 Å². The first-order valence-electron chi connectivity index (χ1n) is 10.6. The molecule has 1 aromatic carbocycles. The number of morpholine rings is 1. The predicted molar refractivity (Wildman–Crippen MR) is 133 cm³/mol. The topological polar surface area (TPSA) is 67.4 Å². The highest BCUT2D eigenvalue weighted by Crippen LogP contribution is 2.24. The normalized spacial score (nSPS) is 16.0. The molecule has 7 nitrogen and oxygen atoms in total. The van der Waals surface area contributed by atoms with Crippen LogP contribution in [0.1, 0.15) is 32.3 Å². The van der Waals surface area contributed by atoms with Crippen LogP contribution in [0.2, 0.25) is 0 Å². The lowest BCUT2D eigenvalue weighted by Crippen LogP contribution is -2.53. The van der Waals surface area contributed by atoms with Crippen molar-refractivity contribution < 1.29 is 14.2 Å². The molecular formula is C22H39IN4O3. The van der Waals surface area contributed by atoms with E-state index < -0.39 is 0 Å². The van der Waals surface area contributed by atoms with E-state index in [1.165, 1.54) is 12.8 Å². The van der Waals surface area contributed by atoms with Crippen LogP contribution in [-0.4, -0.2) is 71.0 Å². The Labute approximate surface area is 199 Å². The molecular weight excluding hydrogens is 495 g/mol. The molecule has 0 bridgehead atoms. The maximum atomic E-state index is 5.55. The Bertz CT molecular complexity index is 635. The maximum Gasteiger partial charge on any atom is 0.191 e. The number of benzene rings is 1. The fourth-order valence-electron chi connectivity index (χ4n) is 3.93. The van der Waals surface area contributed by atoms with Crippen LogP contribution in [0.5, 0.6) is 11.5 Å². The van der Waals surface area contributed by atoms with Crippen LogP contribution in [0.4, 0.5) is 0 Å². The van der Waals surface area contributed by atoms with E-state index in [9.17, 15) is 0 Å². The van der Waals surface area contributed by atoms with Crippen molar-refractivity contribution in [2.24, 2.45) is 10.9 Å². The molecule has 1 atom stereocenters. The van der Waals surface area contributed by atoms with Crippen LogP contribution in [0, 0.1) is 5.92 Å². The van der Waals surface area contributed by atoms with Gasteiger partial charge in [0.2, 0.25) is 0 Å². The molecule has 0 radical (unpaired) electrons. The first-order chi connectivity index (χ1) is 14.2. The third-order valence-electron chi connectivity index (χ3n) is 5.75. The standard InChI is InChI=1S/C22H38N4O3.HI/c1-6-17(7-2)20(26-10-12-29-13-11-26)16-25-22(23-3)24-15-18-8-9-19(27-4)14-21(18)28-5;/h8-9,14,17,20H,6-7,10-13,15-16H2,1-5H3,(H2,23,24,25);1H. The second-order valence-corrected chi connectivity index (χ2v) is 7.28. The zero-order valence-corrected chi connectivity index (χ0v) is 21.4. The highest BCUT2D eigenvalue weighted by atomic mass is 127. The van der Waals surface area contributed by atoms with E-state index >= 15 is 0 Å². The summed E-state index contributed by atoms with van der Waals surface area (Å²) in [5.41, 5.74) is 1.06. The first-order valence-corrected chi connectivity index (χ1v) is 10.6. The van der Waals surface area contributed by atoms with Crippen LogP contribution in [-0.2, 0) is 11.3 Å². The average Bonchev–Trinajstić information content (AvgIpc) is 2.78. The lowest BCUT2D eigenvalue weighted by Gasteiger charge is -2.39. The Morgan fingerprint density at radius 1 is 1.13 bits per heavy atom. The summed E-state index contributed by atoms with van der Waals surface area (Å²) in [6.45, 7) is 9.69. The van der Waals surface area contributed by atoms with E-state index in [0.29, 0.717) is 18.5 Å². The minimum Gasteiger partial charge on any atom is -0.497 e. The zero-order chi connectivity index (χ0) is 21.1. The van der Waals surface area contributed by atoms with Crippen molar-refractivity contribution in [1.82, 2.24) is 15.5 Å². The van der Waals surface area contributed by atoms with Crippen molar-refractivity contribution >= 4 is 29.9 Å². The molecule has 1 aliphatic heterocycles. The number of nitrogens with zero attached hydrogens (tertiary/aromatic N) is 2. The van der Waals surface area contributed by atoms with E-state index in [2.05, 4.69) is 34.4 Å². The Balaban J connectivity index is 0.00000450.